The Morgan fingerprint density at radius 1 is 0.774 bits per heavy atom. The molecule has 2 fully saturated rings. The smallest absolute Gasteiger partial charge is 0.294 e. The fourth-order valence-electron chi connectivity index (χ4n) is 5.04. The van der Waals surface area contributed by atoms with Crippen molar-refractivity contribution < 1.29 is 28.2 Å². The van der Waals surface area contributed by atoms with Crippen molar-refractivity contribution in [3.05, 3.63) is 79.4 Å². The second-order valence-corrected chi connectivity index (χ2v) is 7.96. The number of Topliss-reactive ketones (excluding diaryl/α,β-unsaturated/α-hetero) is 2. The highest BCUT2D eigenvalue weighted by molar-refractivity contribution is 6.06. The fourth-order valence-corrected chi connectivity index (χ4v) is 5.04. The van der Waals surface area contributed by atoms with E-state index < -0.39 is 56.3 Å². The van der Waals surface area contributed by atoms with E-state index in [2.05, 4.69) is 0 Å². The summed E-state index contributed by atoms with van der Waals surface area (Å²) in [6.45, 7) is 0. The van der Waals surface area contributed by atoms with Crippen molar-refractivity contribution in [1.82, 2.24) is 0 Å². The molecule has 0 N–H and O–H groups in total. The summed E-state index contributed by atoms with van der Waals surface area (Å²) in [5, 5.41) is 22.1. The van der Waals surface area contributed by atoms with Gasteiger partial charge in [0.2, 0.25) is 11.6 Å². The van der Waals surface area contributed by atoms with Crippen molar-refractivity contribution in [3.8, 4) is 0 Å². The van der Waals surface area contributed by atoms with E-state index in [0.717, 1.165) is 36.4 Å². The number of nitro benzene ring substituents is 2. The van der Waals surface area contributed by atoms with Crippen molar-refractivity contribution in [1.29, 1.82) is 0 Å². The average molecular weight is 430 g/mol. The number of benzene rings is 2. The van der Waals surface area contributed by atoms with E-state index in [-0.39, 0.29) is 23.0 Å². The van der Waals surface area contributed by atoms with Crippen LogP contribution in [0, 0.1) is 55.5 Å². The third kappa shape index (κ3) is 3.47. The molecule has 2 bridgehead atoms. The lowest BCUT2D eigenvalue weighted by molar-refractivity contribution is -0.387. The molecule has 0 radical (unpaired) electrons. The summed E-state index contributed by atoms with van der Waals surface area (Å²) in [5.41, 5.74) is -1.78. The lowest BCUT2D eigenvalue weighted by atomic mass is 9.72. The van der Waals surface area contributed by atoms with Gasteiger partial charge in [-0.05, 0) is 55.4 Å². The van der Waals surface area contributed by atoms with Crippen LogP contribution < -0.4 is 0 Å². The summed E-state index contributed by atoms with van der Waals surface area (Å²) in [5.74, 6) is -4.92. The van der Waals surface area contributed by atoms with Gasteiger partial charge in [-0.15, -0.1) is 0 Å². The van der Waals surface area contributed by atoms with Gasteiger partial charge in [0.05, 0.1) is 9.85 Å². The molecule has 31 heavy (non-hydrogen) atoms. The second kappa shape index (κ2) is 7.60. The molecule has 2 unspecified atom stereocenters. The largest absolute Gasteiger partial charge is 0.305 e. The molecule has 0 amide bonds. The number of nitrogens with zero attached hydrogens (tertiary/aromatic N) is 2. The third-order valence-electron chi connectivity index (χ3n) is 6.38. The summed E-state index contributed by atoms with van der Waals surface area (Å²) in [7, 11) is 0. The topological polar surface area (TPSA) is 120 Å². The van der Waals surface area contributed by atoms with E-state index >= 15 is 0 Å². The minimum atomic E-state index is -1.07. The number of hydrogen-bond donors (Lipinski definition) is 0. The maximum absolute atomic E-state index is 13.7. The van der Waals surface area contributed by atoms with Gasteiger partial charge in [-0.1, -0.05) is 0 Å². The van der Waals surface area contributed by atoms with Gasteiger partial charge >= 0.3 is 11.4 Å². The second-order valence-electron chi connectivity index (χ2n) is 7.96. The Labute approximate surface area is 174 Å². The van der Waals surface area contributed by atoms with E-state index in [1.54, 1.807) is 0 Å². The average Bonchev–Trinajstić information content (AvgIpc) is 3.34. The van der Waals surface area contributed by atoms with Crippen molar-refractivity contribution in [2.24, 2.45) is 23.7 Å². The number of nitro groups is 2. The molecule has 0 saturated heterocycles. The van der Waals surface area contributed by atoms with E-state index in [1.807, 2.05) is 0 Å². The highest BCUT2D eigenvalue weighted by atomic mass is 19.1. The molecule has 2 aliphatic carbocycles. The van der Waals surface area contributed by atoms with Gasteiger partial charge in [-0.3, -0.25) is 29.8 Å². The lowest BCUT2D eigenvalue weighted by Gasteiger charge is -2.29. The molecule has 2 aliphatic rings. The van der Waals surface area contributed by atoms with E-state index in [1.165, 1.54) is 0 Å². The Kier molecular flexibility index (Phi) is 5.08. The fraction of sp³-hybridized carbons (Fsp3) is 0.333. The van der Waals surface area contributed by atoms with Gasteiger partial charge in [0, 0.05) is 35.1 Å². The molecule has 10 heteroatoms. The lowest BCUT2D eigenvalue weighted by Crippen LogP contribution is -2.35. The molecular formula is C21H16F2N2O6. The highest BCUT2D eigenvalue weighted by Gasteiger charge is 2.53. The van der Waals surface area contributed by atoms with Gasteiger partial charge in [0.25, 0.3) is 0 Å². The number of carbonyl (C=O) groups is 2. The summed E-state index contributed by atoms with van der Waals surface area (Å²) in [6.07, 6.45) is 2.02. The minimum Gasteiger partial charge on any atom is -0.294 e. The van der Waals surface area contributed by atoms with Crippen LogP contribution in [-0.4, -0.2) is 21.4 Å². The summed E-state index contributed by atoms with van der Waals surface area (Å²) in [6, 6.07) is 5.74. The zero-order valence-electron chi connectivity index (χ0n) is 16.0. The van der Waals surface area contributed by atoms with Gasteiger partial charge < -0.3 is 0 Å². The van der Waals surface area contributed by atoms with Gasteiger partial charge in [0.1, 0.15) is 0 Å². The standard InChI is InChI=1S/C21H16F2N2O6/c22-14-5-3-12(8-16(14)24(28)29)20(26)18-10-1-2-11(7-10)19(18)21(27)13-4-6-15(23)17(9-13)25(30)31/h3-6,8-11,18-19H,1-2,7H2/t10-,11+,18?,19?. The van der Waals surface area contributed by atoms with E-state index in [4.69, 9.17) is 0 Å². The first kappa shape index (κ1) is 20.7. The Bertz CT molecular complexity index is 1050. The van der Waals surface area contributed by atoms with E-state index in [0.29, 0.717) is 19.3 Å². The molecule has 0 aromatic heterocycles. The molecular weight excluding hydrogens is 414 g/mol. The molecule has 0 spiro atoms. The Balaban J connectivity index is 1.70. The molecule has 0 heterocycles. The number of rotatable bonds is 6. The van der Waals surface area contributed by atoms with Crippen LogP contribution in [0.3, 0.4) is 0 Å². The zero-order chi connectivity index (χ0) is 22.4. The van der Waals surface area contributed by atoms with Crippen LogP contribution in [0.2, 0.25) is 0 Å². The Morgan fingerprint density at radius 2 is 1.16 bits per heavy atom. The van der Waals surface area contributed by atoms with Crippen LogP contribution in [0.1, 0.15) is 40.0 Å². The quantitative estimate of drug-likeness (QED) is 0.378. The normalized spacial score (nSPS) is 24.2. The molecule has 0 aliphatic heterocycles. The molecule has 4 rings (SSSR count). The van der Waals surface area contributed by atoms with Crippen molar-refractivity contribution in [2.75, 3.05) is 0 Å². The first-order valence-corrected chi connectivity index (χ1v) is 9.65. The van der Waals surface area contributed by atoms with Gasteiger partial charge in [-0.25, -0.2) is 0 Å². The molecule has 2 aromatic rings. The highest BCUT2D eigenvalue weighted by Crippen LogP contribution is 2.54. The van der Waals surface area contributed by atoms with E-state index in [9.17, 15) is 38.6 Å². The zero-order valence-corrected chi connectivity index (χ0v) is 16.0. The van der Waals surface area contributed by atoms with Crippen LogP contribution in [0.25, 0.3) is 0 Å². The molecule has 2 saturated carbocycles. The van der Waals surface area contributed by atoms with Crippen LogP contribution in [-0.2, 0) is 0 Å². The summed E-state index contributed by atoms with van der Waals surface area (Å²) < 4.78 is 27.4. The minimum absolute atomic E-state index is 0.0615. The number of carbonyl (C=O) groups excluding carboxylic acids is 2. The van der Waals surface area contributed by atoms with Crippen molar-refractivity contribution in [3.63, 3.8) is 0 Å². The number of halogens is 2. The molecule has 4 atom stereocenters. The number of ketones is 2. The molecule has 8 nitrogen and oxygen atoms in total. The first-order valence-electron chi connectivity index (χ1n) is 9.65. The third-order valence-corrected chi connectivity index (χ3v) is 6.38. The predicted molar refractivity (Wildman–Crippen MR) is 103 cm³/mol. The maximum Gasteiger partial charge on any atom is 0.305 e. The predicted octanol–water partition coefficient (Wildman–Crippen LogP) is 4.51. The van der Waals surface area contributed by atoms with Crippen LogP contribution >= 0.6 is 0 Å². The molecule has 160 valence electrons. The van der Waals surface area contributed by atoms with Crippen LogP contribution in [0.4, 0.5) is 20.2 Å². The Hall–Kier alpha value is -3.56. The summed E-state index contributed by atoms with van der Waals surface area (Å²) in [4.78, 5) is 46.7. The Morgan fingerprint density at radius 3 is 1.52 bits per heavy atom. The summed E-state index contributed by atoms with van der Waals surface area (Å²) >= 11 is 0. The monoisotopic (exact) mass is 430 g/mol. The van der Waals surface area contributed by atoms with Gasteiger partial charge in [-0.2, -0.15) is 8.78 Å². The first-order chi connectivity index (χ1) is 14.7. The maximum atomic E-state index is 13.7. The van der Waals surface area contributed by atoms with Gasteiger partial charge in [0.15, 0.2) is 11.6 Å². The van der Waals surface area contributed by atoms with Crippen molar-refractivity contribution in [2.45, 2.75) is 19.3 Å². The van der Waals surface area contributed by atoms with Crippen molar-refractivity contribution >= 4 is 22.9 Å². The SMILES string of the molecule is O=C(c1ccc(F)c([N+](=O)[O-])c1)C1C(C(=O)c2ccc(F)c([N+](=O)[O-])c2)[C@H]2CC[C@@H]1C2. The van der Waals surface area contributed by atoms with Crippen LogP contribution in [0.15, 0.2) is 36.4 Å². The number of hydrogen-bond acceptors (Lipinski definition) is 6. The van der Waals surface area contributed by atoms with Crippen LogP contribution in [0.5, 0.6) is 0 Å². The number of fused-ring (bicyclic) bond motifs is 2. The molecule has 2 aromatic carbocycles.